The number of nitrogens with one attached hydrogen (secondary N) is 1. The Bertz CT molecular complexity index is 537. The number of methoxy groups -OCH3 is 1. The number of benzene rings is 1. The molecule has 1 unspecified atom stereocenters. The number of carbonyl (C=O) groups excluding carboxylic acids is 1. The van der Waals surface area contributed by atoms with Crippen molar-refractivity contribution in [1.29, 1.82) is 0 Å². The fraction of sp³-hybridized carbons (Fsp3) is 0.500. The van der Waals surface area contributed by atoms with Crippen LogP contribution in [0.25, 0.3) is 0 Å². The molecule has 1 heterocycles. The molecule has 1 fully saturated rings. The first-order valence-electron chi connectivity index (χ1n) is 6.54. The van der Waals surface area contributed by atoms with Crippen molar-refractivity contribution in [2.75, 3.05) is 20.7 Å². The number of amides is 1. The molecular formula is C14H18F2N2O3. The van der Waals surface area contributed by atoms with Gasteiger partial charge >= 0.3 is 0 Å². The lowest BCUT2D eigenvalue weighted by Crippen LogP contribution is -2.41. The zero-order chi connectivity index (χ0) is 15.6. The molecule has 5 nitrogen and oxygen atoms in total. The Hall–Kier alpha value is -1.89. The van der Waals surface area contributed by atoms with Gasteiger partial charge < -0.3 is 14.7 Å². The largest absolute Gasteiger partial charge is 0.504 e. The molecule has 0 saturated carbocycles. The number of ether oxygens (including phenoxy) is 1. The van der Waals surface area contributed by atoms with Gasteiger partial charge in [-0.25, -0.2) is 8.78 Å². The maximum absolute atomic E-state index is 13.1. The molecule has 1 aliphatic heterocycles. The lowest BCUT2D eigenvalue weighted by atomic mass is 10.1. The van der Waals surface area contributed by atoms with Gasteiger partial charge in [0.25, 0.3) is 5.92 Å². The molecule has 1 aromatic carbocycles. The minimum absolute atomic E-state index is 0.0265. The first-order valence-corrected chi connectivity index (χ1v) is 6.54. The van der Waals surface area contributed by atoms with Gasteiger partial charge in [-0.15, -0.1) is 0 Å². The zero-order valence-electron chi connectivity index (χ0n) is 11.9. The summed E-state index contributed by atoms with van der Waals surface area (Å²) in [6.45, 7) is -0.249. The van der Waals surface area contributed by atoms with Crippen LogP contribution in [-0.2, 0) is 11.3 Å². The van der Waals surface area contributed by atoms with Crippen molar-refractivity contribution in [1.82, 2.24) is 10.2 Å². The van der Waals surface area contributed by atoms with E-state index in [1.807, 2.05) is 0 Å². The van der Waals surface area contributed by atoms with Gasteiger partial charge in [-0.3, -0.25) is 10.1 Å². The Balaban J connectivity index is 1.99. The Morgan fingerprint density at radius 1 is 1.57 bits per heavy atom. The van der Waals surface area contributed by atoms with Gasteiger partial charge in [0.05, 0.1) is 19.7 Å². The lowest BCUT2D eigenvalue weighted by molar-refractivity contribution is -0.132. The third-order valence-electron chi connectivity index (χ3n) is 3.45. The van der Waals surface area contributed by atoms with E-state index in [9.17, 15) is 18.7 Å². The highest BCUT2D eigenvalue weighted by Gasteiger charge is 2.43. The van der Waals surface area contributed by atoms with Crippen LogP contribution in [0, 0.1) is 0 Å². The molecule has 0 aromatic heterocycles. The van der Waals surface area contributed by atoms with Crippen LogP contribution in [-0.4, -0.2) is 48.6 Å². The number of rotatable bonds is 4. The predicted octanol–water partition coefficient (Wildman–Crippen LogP) is 1.36. The molecule has 1 amide bonds. The molecule has 2 rings (SSSR count). The van der Waals surface area contributed by atoms with Crippen molar-refractivity contribution >= 4 is 5.91 Å². The van der Waals surface area contributed by atoms with E-state index in [1.54, 1.807) is 19.2 Å². The van der Waals surface area contributed by atoms with Crippen LogP contribution in [0.15, 0.2) is 18.2 Å². The fourth-order valence-corrected chi connectivity index (χ4v) is 2.34. The standard InChI is InChI=1S/C14H18F2N2O3/c1-18(13(20)10-6-14(15,16)8-17-10)7-9-3-4-12(21-2)11(19)5-9/h3-5,10,17,19H,6-8H2,1-2H3. The minimum atomic E-state index is -2.83. The molecule has 1 aliphatic rings. The van der Waals surface area contributed by atoms with E-state index in [1.165, 1.54) is 18.1 Å². The third-order valence-corrected chi connectivity index (χ3v) is 3.45. The molecule has 1 saturated heterocycles. The normalized spacial score (nSPS) is 20.3. The molecule has 0 spiro atoms. The minimum Gasteiger partial charge on any atom is -0.504 e. The van der Waals surface area contributed by atoms with Crippen LogP contribution in [0.2, 0.25) is 0 Å². The van der Waals surface area contributed by atoms with E-state index < -0.39 is 24.9 Å². The summed E-state index contributed by atoms with van der Waals surface area (Å²) in [6, 6.07) is 3.92. The summed E-state index contributed by atoms with van der Waals surface area (Å²) in [4.78, 5) is 13.4. The Labute approximate surface area is 121 Å². The van der Waals surface area contributed by atoms with E-state index in [0.29, 0.717) is 11.3 Å². The van der Waals surface area contributed by atoms with Gasteiger partial charge in [0.2, 0.25) is 5.91 Å². The molecule has 7 heteroatoms. The van der Waals surface area contributed by atoms with Crippen LogP contribution >= 0.6 is 0 Å². The lowest BCUT2D eigenvalue weighted by Gasteiger charge is -2.21. The maximum atomic E-state index is 13.1. The second-order valence-electron chi connectivity index (χ2n) is 5.19. The number of halogens is 2. The fourth-order valence-electron chi connectivity index (χ4n) is 2.34. The van der Waals surface area contributed by atoms with Gasteiger partial charge in [0.1, 0.15) is 0 Å². The highest BCUT2D eigenvalue weighted by Crippen LogP contribution is 2.28. The van der Waals surface area contributed by atoms with E-state index in [-0.39, 0.29) is 18.2 Å². The number of carbonyl (C=O) groups is 1. The topological polar surface area (TPSA) is 61.8 Å². The Kier molecular flexibility index (Phi) is 4.32. The molecule has 0 radical (unpaired) electrons. The van der Waals surface area contributed by atoms with E-state index in [0.717, 1.165) is 0 Å². The quantitative estimate of drug-likeness (QED) is 0.881. The van der Waals surface area contributed by atoms with E-state index in [2.05, 4.69) is 5.32 Å². The molecular weight excluding hydrogens is 282 g/mol. The smallest absolute Gasteiger partial charge is 0.262 e. The van der Waals surface area contributed by atoms with E-state index in [4.69, 9.17) is 4.74 Å². The summed E-state index contributed by atoms with van der Waals surface area (Å²) in [5.41, 5.74) is 0.689. The molecule has 0 bridgehead atoms. The SMILES string of the molecule is COc1ccc(CN(C)C(=O)C2CC(F)(F)CN2)cc1O. The number of nitrogens with zero attached hydrogens (tertiary/aromatic N) is 1. The Morgan fingerprint density at radius 3 is 2.81 bits per heavy atom. The first kappa shape index (κ1) is 15.5. The Morgan fingerprint density at radius 2 is 2.29 bits per heavy atom. The number of hydrogen-bond acceptors (Lipinski definition) is 4. The number of hydrogen-bond donors (Lipinski definition) is 2. The average Bonchev–Trinajstić information content (AvgIpc) is 2.78. The zero-order valence-corrected chi connectivity index (χ0v) is 11.9. The second kappa shape index (κ2) is 5.85. The van der Waals surface area contributed by atoms with Crippen molar-refractivity contribution < 1.29 is 23.4 Å². The van der Waals surface area contributed by atoms with Crippen molar-refractivity contribution in [2.45, 2.75) is 24.9 Å². The number of alkyl halides is 2. The molecule has 116 valence electrons. The van der Waals surface area contributed by atoms with Crippen LogP contribution in [0.1, 0.15) is 12.0 Å². The molecule has 1 aromatic rings. The van der Waals surface area contributed by atoms with Crippen LogP contribution in [0.3, 0.4) is 0 Å². The highest BCUT2D eigenvalue weighted by molar-refractivity contribution is 5.82. The van der Waals surface area contributed by atoms with Crippen molar-refractivity contribution in [3.8, 4) is 11.5 Å². The summed E-state index contributed by atoms with van der Waals surface area (Å²) in [7, 11) is 2.98. The van der Waals surface area contributed by atoms with Gasteiger partial charge in [-0.05, 0) is 17.7 Å². The first-order chi connectivity index (χ1) is 9.82. The molecule has 0 aliphatic carbocycles. The van der Waals surface area contributed by atoms with Crippen molar-refractivity contribution in [2.24, 2.45) is 0 Å². The summed E-state index contributed by atoms with van der Waals surface area (Å²) in [5.74, 6) is -2.91. The van der Waals surface area contributed by atoms with Crippen LogP contribution in [0.4, 0.5) is 8.78 Å². The monoisotopic (exact) mass is 300 g/mol. The predicted molar refractivity (Wildman–Crippen MR) is 72.5 cm³/mol. The number of aromatic hydroxyl groups is 1. The number of phenolic OH excluding ortho intramolecular Hbond substituents is 1. The third kappa shape index (κ3) is 3.60. The van der Waals surface area contributed by atoms with E-state index >= 15 is 0 Å². The summed E-state index contributed by atoms with van der Waals surface area (Å²) in [6.07, 6.45) is -0.482. The van der Waals surface area contributed by atoms with Gasteiger partial charge in [0.15, 0.2) is 11.5 Å². The van der Waals surface area contributed by atoms with Gasteiger partial charge in [0, 0.05) is 20.0 Å². The second-order valence-corrected chi connectivity index (χ2v) is 5.19. The summed E-state index contributed by atoms with van der Waals surface area (Å²) >= 11 is 0. The van der Waals surface area contributed by atoms with Gasteiger partial charge in [-0.2, -0.15) is 0 Å². The molecule has 1 atom stereocenters. The summed E-state index contributed by atoms with van der Waals surface area (Å²) < 4.78 is 31.1. The van der Waals surface area contributed by atoms with Crippen LogP contribution in [0.5, 0.6) is 11.5 Å². The number of likely N-dealkylation sites (N-methyl/N-ethyl adjacent to an activating group) is 1. The molecule has 21 heavy (non-hydrogen) atoms. The molecule has 2 N–H and O–H groups in total. The highest BCUT2D eigenvalue weighted by atomic mass is 19.3. The number of phenols is 1. The van der Waals surface area contributed by atoms with Crippen molar-refractivity contribution in [3.63, 3.8) is 0 Å². The van der Waals surface area contributed by atoms with Crippen LogP contribution < -0.4 is 10.1 Å². The maximum Gasteiger partial charge on any atom is 0.262 e. The summed E-state index contributed by atoms with van der Waals surface area (Å²) in [5, 5.41) is 12.2. The average molecular weight is 300 g/mol. The van der Waals surface area contributed by atoms with Gasteiger partial charge in [-0.1, -0.05) is 6.07 Å². The van der Waals surface area contributed by atoms with Crippen molar-refractivity contribution in [3.05, 3.63) is 23.8 Å².